The Morgan fingerprint density at radius 1 is 1.31 bits per heavy atom. The van der Waals surface area contributed by atoms with Crippen LogP contribution in [0, 0.1) is 0 Å². The number of rotatable bonds is 3. The Morgan fingerprint density at radius 3 is 2.69 bits per heavy atom. The molecule has 0 aliphatic carbocycles. The van der Waals surface area contributed by atoms with Gasteiger partial charge in [0, 0.05) is 27.1 Å². The van der Waals surface area contributed by atoms with Crippen molar-refractivity contribution in [3.63, 3.8) is 0 Å². The van der Waals surface area contributed by atoms with E-state index in [-0.39, 0.29) is 0 Å². The van der Waals surface area contributed by atoms with Crippen LogP contribution in [0.25, 0.3) is 10.9 Å². The van der Waals surface area contributed by atoms with Crippen molar-refractivity contribution in [1.29, 1.82) is 0 Å². The van der Waals surface area contributed by atoms with E-state index in [9.17, 15) is 0 Å². The number of nitrogens with one attached hydrogen (secondary N) is 1. The zero-order chi connectivity index (χ0) is 11.7. The van der Waals surface area contributed by atoms with Gasteiger partial charge in [0.15, 0.2) is 0 Å². The number of hydrogen-bond acceptors (Lipinski definition) is 1. The predicted molar refractivity (Wildman–Crippen MR) is 72.7 cm³/mol. The number of H-pyrrole nitrogens is 1. The Labute approximate surface area is 105 Å². The highest BCUT2D eigenvalue weighted by Gasteiger charge is 2.13. The van der Waals surface area contributed by atoms with E-state index in [1.165, 1.54) is 16.6 Å². The monoisotopic (exact) mass is 280 g/mol. The quantitative estimate of drug-likeness (QED) is 0.902. The first-order valence-corrected chi connectivity index (χ1v) is 6.35. The molecule has 0 saturated carbocycles. The summed E-state index contributed by atoms with van der Waals surface area (Å²) in [5.41, 5.74) is 2.50. The molecule has 0 fully saturated rings. The predicted octanol–water partition coefficient (Wildman–Crippen LogP) is 3.94. The molecule has 1 heterocycles. The molecule has 0 bridgehead atoms. The number of benzene rings is 1. The molecule has 0 aliphatic heterocycles. The van der Waals surface area contributed by atoms with Gasteiger partial charge in [0.25, 0.3) is 0 Å². The van der Waals surface area contributed by atoms with Crippen LogP contribution in [0.2, 0.25) is 0 Å². The van der Waals surface area contributed by atoms with Crippen LogP contribution in [0.5, 0.6) is 0 Å². The SMILES string of the molecule is CCC(c1cc2cc(Br)ccc2[nH]1)N(C)C. The number of hydrogen-bond donors (Lipinski definition) is 1. The summed E-state index contributed by atoms with van der Waals surface area (Å²) in [6.45, 7) is 2.21. The molecular weight excluding hydrogens is 264 g/mol. The maximum atomic E-state index is 3.50. The van der Waals surface area contributed by atoms with Gasteiger partial charge in [-0.2, -0.15) is 0 Å². The topological polar surface area (TPSA) is 19.0 Å². The highest BCUT2D eigenvalue weighted by atomic mass is 79.9. The normalized spacial score (nSPS) is 13.6. The third kappa shape index (κ3) is 2.15. The largest absolute Gasteiger partial charge is 0.357 e. The summed E-state index contributed by atoms with van der Waals surface area (Å²) in [6.07, 6.45) is 1.11. The Balaban J connectivity index is 2.45. The second-order valence-electron chi connectivity index (χ2n) is 4.34. The molecular formula is C13H17BrN2. The molecule has 1 aromatic heterocycles. The van der Waals surface area contributed by atoms with Gasteiger partial charge in [-0.3, -0.25) is 0 Å². The first kappa shape index (κ1) is 11.7. The zero-order valence-electron chi connectivity index (χ0n) is 9.92. The molecule has 0 aliphatic rings. The second-order valence-corrected chi connectivity index (χ2v) is 5.26. The van der Waals surface area contributed by atoms with E-state index in [4.69, 9.17) is 0 Å². The smallest absolute Gasteiger partial charge is 0.0490 e. The lowest BCUT2D eigenvalue weighted by atomic mass is 10.1. The third-order valence-electron chi connectivity index (χ3n) is 2.97. The van der Waals surface area contributed by atoms with Gasteiger partial charge in [-0.1, -0.05) is 22.9 Å². The molecule has 0 radical (unpaired) electrons. The first-order valence-electron chi connectivity index (χ1n) is 5.56. The molecule has 86 valence electrons. The molecule has 2 aromatic rings. The van der Waals surface area contributed by atoms with Crippen LogP contribution in [-0.4, -0.2) is 24.0 Å². The Morgan fingerprint density at radius 2 is 2.06 bits per heavy atom. The maximum Gasteiger partial charge on any atom is 0.0490 e. The summed E-state index contributed by atoms with van der Waals surface area (Å²) in [6, 6.07) is 9.04. The number of halogens is 1. The van der Waals surface area contributed by atoms with E-state index >= 15 is 0 Å². The van der Waals surface area contributed by atoms with E-state index < -0.39 is 0 Å². The van der Waals surface area contributed by atoms with Crippen LogP contribution in [0.3, 0.4) is 0 Å². The van der Waals surface area contributed by atoms with Crippen molar-refractivity contribution >= 4 is 26.8 Å². The third-order valence-corrected chi connectivity index (χ3v) is 3.47. The minimum Gasteiger partial charge on any atom is -0.357 e. The minimum absolute atomic E-state index is 0.464. The van der Waals surface area contributed by atoms with Crippen molar-refractivity contribution in [3.05, 3.63) is 34.4 Å². The summed E-state index contributed by atoms with van der Waals surface area (Å²) >= 11 is 3.50. The highest BCUT2D eigenvalue weighted by molar-refractivity contribution is 9.10. The van der Waals surface area contributed by atoms with Gasteiger partial charge in [0.05, 0.1) is 0 Å². The molecule has 0 spiro atoms. The molecule has 0 saturated heterocycles. The lowest BCUT2D eigenvalue weighted by Crippen LogP contribution is -2.19. The summed E-state index contributed by atoms with van der Waals surface area (Å²) < 4.78 is 1.13. The van der Waals surface area contributed by atoms with Crippen molar-refractivity contribution in [1.82, 2.24) is 9.88 Å². The molecule has 1 atom stereocenters. The summed E-state index contributed by atoms with van der Waals surface area (Å²) in [7, 11) is 4.24. The van der Waals surface area contributed by atoms with Gasteiger partial charge in [0.1, 0.15) is 0 Å². The van der Waals surface area contributed by atoms with Gasteiger partial charge in [-0.25, -0.2) is 0 Å². The molecule has 0 amide bonds. The van der Waals surface area contributed by atoms with E-state index in [0.29, 0.717) is 6.04 Å². The lowest BCUT2D eigenvalue weighted by Gasteiger charge is -2.21. The van der Waals surface area contributed by atoms with Crippen LogP contribution < -0.4 is 0 Å². The van der Waals surface area contributed by atoms with Gasteiger partial charge >= 0.3 is 0 Å². The van der Waals surface area contributed by atoms with Crippen molar-refractivity contribution in [2.24, 2.45) is 0 Å². The first-order chi connectivity index (χ1) is 7.61. The standard InChI is InChI=1S/C13H17BrN2/c1-4-13(16(2)3)12-8-9-7-10(14)5-6-11(9)15-12/h5-8,13,15H,4H2,1-3H3. The molecule has 1 N–H and O–H groups in total. The van der Waals surface area contributed by atoms with Crippen molar-refractivity contribution in [3.8, 4) is 0 Å². The number of nitrogens with zero attached hydrogens (tertiary/aromatic N) is 1. The molecule has 2 rings (SSSR count). The van der Waals surface area contributed by atoms with Crippen molar-refractivity contribution in [2.75, 3.05) is 14.1 Å². The Kier molecular flexibility index (Phi) is 3.36. The van der Waals surface area contributed by atoms with E-state index in [1.807, 2.05) is 0 Å². The average molecular weight is 281 g/mol. The minimum atomic E-state index is 0.464. The summed E-state index contributed by atoms with van der Waals surface area (Å²) in [5.74, 6) is 0. The summed E-state index contributed by atoms with van der Waals surface area (Å²) in [5, 5.41) is 1.27. The molecule has 1 aromatic carbocycles. The fourth-order valence-electron chi connectivity index (χ4n) is 2.17. The molecule has 3 heteroatoms. The van der Waals surface area contributed by atoms with E-state index in [1.54, 1.807) is 0 Å². The zero-order valence-corrected chi connectivity index (χ0v) is 11.5. The van der Waals surface area contributed by atoms with Crippen molar-refractivity contribution in [2.45, 2.75) is 19.4 Å². The fraction of sp³-hybridized carbons (Fsp3) is 0.385. The maximum absolute atomic E-state index is 3.50. The Hall–Kier alpha value is -0.800. The van der Waals surface area contributed by atoms with E-state index in [0.717, 1.165) is 10.9 Å². The fourth-order valence-corrected chi connectivity index (χ4v) is 2.55. The average Bonchev–Trinajstić information content (AvgIpc) is 2.60. The summed E-state index contributed by atoms with van der Waals surface area (Å²) in [4.78, 5) is 5.74. The van der Waals surface area contributed by atoms with Crippen LogP contribution in [0.4, 0.5) is 0 Å². The number of aromatic amines is 1. The van der Waals surface area contributed by atoms with E-state index in [2.05, 4.69) is 71.1 Å². The highest BCUT2D eigenvalue weighted by Crippen LogP contribution is 2.26. The van der Waals surface area contributed by atoms with Gasteiger partial charge in [-0.05, 0) is 44.8 Å². The van der Waals surface area contributed by atoms with Crippen molar-refractivity contribution < 1.29 is 0 Å². The second kappa shape index (κ2) is 4.60. The lowest BCUT2D eigenvalue weighted by molar-refractivity contribution is 0.287. The molecule has 16 heavy (non-hydrogen) atoms. The van der Waals surface area contributed by atoms with Crippen LogP contribution >= 0.6 is 15.9 Å². The van der Waals surface area contributed by atoms with Crippen LogP contribution in [0.1, 0.15) is 25.1 Å². The number of fused-ring (bicyclic) bond motifs is 1. The molecule has 2 nitrogen and oxygen atoms in total. The van der Waals surface area contributed by atoms with Gasteiger partial charge in [-0.15, -0.1) is 0 Å². The van der Waals surface area contributed by atoms with Crippen LogP contribution in [0.15, 0.2) is 28.7 Å². The number of aromatic nitrogens is 1. The van der Waals surface area contributed by atoms with Gasteiger partial charge in [0.2, 0.25) is 0 Å². The Bertz CT molecular complexity index is 488. The van der Waals surface area contributed by atoms with Gasteiger partial charge < -0.3 is 9.88 Å². The molecule has 1 unspecified atom stereocenters. The van der Waals surface area contributed by atoms with Crippen LogP contribution in [-0.2, 0) is 0 Å².